The van der Waals surface area contributed by atoms with E-state index < -0.39 is 0 Å². The highest BCUT2D eigenvalue weighted by Crippen LogP contribution is 2.41. The molecule has 0 saturated heterocycles. The molecule has 1 aliphatic carbocycles. The maximum absolute atomic E-state index is 6.30. The van der Waals surface area contributed by atoms with Crippen LogP contribution in [0, 0.1) is 12.8 Å². The van der Waals surface area contributed by atoms with Gasteiger partial charge in [0.05, 0.1) is 5.39 Å². The highest BCUT2D eigenvalue weighted by Gasteiger charge is 2.29. The molecule has 3 aromatic heterocycles. The number of aromatic nitrogens is 4. The van der Waals surface area contributed by atoms with Crippen molar-refractivity contribution in [2.75, 3.05) is 39.0 Å². The summed E-state index contributed by atoms with van der Waals surface area (Å²) in [5.41, 5.74) is 10.8. The van der Waals surface area contributed by atoms with Crippen LogP contribution in [0.25, 0.3) is 21.6 Å². The fraction of sp³-hybridized carbons (Fsp3) is 0.464. The summed E-state index contributed by atoms with van der Waals surface area (Å²) >= 11 is 7.81. The van der Waals surface area contributed by atoms with E-state index in [2.05, 4.69) is 74.2 Å². The molecule has 4 aromatic rings. The van der Waals surface area contributed by atoms with Crippen LogP contribution < -0.4 is 11.1 Å². The third-order valence-corrected chi connectivity index (χ3v) is 8.39. The molecule has 9 heteroatoms. The van der Waals surface area contributed by atoms with Crippen molar-refractivity contribution in [3.8, 4) is 10.6 Å². The van der Waals surface area contributed by atoms with E-state index in [0.717, 1.165) is 73.5 Å². The highest BCUT2D eigenvalue weighted by molar-refractivity contribution is 7.13. The molecule has 0 amide bonds. The number of nitrogens with zero attached hydrogens (tertiary/aromatic N) is 5. The fourth-order valence-electron chi connectivity index (χ4n) is 5.53. The van der Waals surface area contributed by atoms with E-state index in [1.807, 2.05) is 11.6 Å². The molecule has 0 unspecified atom stereocenters. The molecule has 196 valence electrons. The van der Waals surface area contributed by atoms with E-state index >= 15 is 0 Å². The second kappa shape index (κ2) is 11.9. The van der Waals surface area contributed by atoms with E-state index in [1.54, 1.807) is 11.3 Å². The van der Waals surface area contributed by atoms with Crippen LogP contribution in [0.3, 0.4) is 0 Å². The van der Waals surface area contributed by atoms with Gasteiger partial charge in [0, 0.05) is 35.9 Å². The summed E-state index contributed by atoms with van der Waals surface area (Å²) in [5, 5.41) is 7.56. The van der Waals surface area contributed by atoms with Crippen LogP contribution in [0.5, 0.6) is 0 Å². The zero-order chi connectivity index (χ0) is 25.8. The fourth-order valence-corrected chi connectivity index (χ4v) is 6.36. The quantitative estimate of drug-likeness (QED) is 0.191. The highest BCUT2D eigenvalue weighted by atomic mass is 35.5. The first kappa shape index (κ1) is 26.1. The molecule has 1 aliphatic rings. The summed E-state index contributed by atoms with van der Waals surface area (Å²) in [6.45, 7) is 6.45. The van der Waals surface area contributed by atoms with Crippen LogP contribution in [0.4, 0.5) is 5.82 Å². The SMILES string of the molecule is Cc1ccc(CCNCCCN(C)C[C@@H]2CC[C@H](n3cc(-c4nccs4)c4c(N)nc(Cl)nc43)C2)cc1. The predicted molar refractivity (Wildman–Crippen MR) is 154 cm³/mol. The largest absolute Gasteiger partial charge is 0.383 e. The molecule has 37 heavy (non-hydrogen) atoms. The van der Waals surface area contributed by atoms with E-state index in [0.29, 0.717) is 17.8 Å². The summed E-state index contributed by atoms with van der Waals surface area (Å²) in [7, 11) is 2.25. The van der Waals surface area contributed by atoms with Gasteiger partial charge in [-0.2, -0.15) is 4.98 Å². The van der Waals surface area contributed by atoms with Gasteiger partial charge in [-0.3, -0.25) is 0 Å². The molecule has 1 fully saturated rings. The van der Waals surface area contributed by atoms with Crippen molar-refractivity contribution in [1.29, 1.82) is 0 Å². The van der Waals surface area contributed by atoms with Gasteiger partial charge in [0.25, 0.3) is 0 Å². The number of nitrogens with two attached hydrogens (primary N) is 1. The first-order valence-electron chi connectivity index (χ1n) is 13.2. The first-order chi connectivity index (χ1) is 18.0. The van der Waals surface area contributed by atoms with Crippen molar-refractivity contribution < 1.29 is 0 Å². The maximum atomic E-state index is 6.30. The Balaban J connectivity index is 1.12. The van der Waals surface area contributed by atoms with Gasteiger partial charge in [0.15, 0.2) is 0 Å². The summed E-state index contributed by atoms with van der Waals surface area (Å²) in [4.78, 5) is 15.8. The van der Waals surface area contributed by atoms with Gasteiger partial charge >= 0.3 is 0 Å². The normalized spacial score (nSPS) is 17.8. The second-order valence-corrected chi connectivity index (χ2v) is 11.5. The van der Waals surface area contributed by atoms with Crippen molar-refractivity contribution in [3.05, 3.63) is 58.4 Å². The number of benzene rings is 1. The van der Waals surface area contributed by atoms with Gasteiger partial charge in [-0.15, -0.1) is 11.3 Å². The third kappa shape index (κ3) is 6.32. The molecule has 0 bridgehead atoms. The summed E-state index contributed by atoms with van der Waals surface area (Å²) < 4.78 is 2.27. The van der Waals surface area contributed by atoms with Crippen molar-refractivity contribution in [1.82, 2.24) is 29.7 Å². The minimum absolute atomic E-state index is 0.191. The Hall–Kier alpha value is -2.52. The Kier molecular flexibility index (Phi) is 8.39. The molecular weight excluding hydrogens is 502 g/mol. The topological polar surface area (TPSA) is 84.9 Å². The minimum Gasteiger partial charge on any atom is -0.383 e. The Labute approximate surface area is 228 Å². The molecular formula is C28H36ClN7S. The smallest absolute Gasteiger partial charge is 0.226 e. The van der Waals surface area contributed by atoms with Crippen molar-refractivity contribution in [3.63, 3.8) is 0 Å². The number of thiazole rings is 1. The molecule has 0 aliphatic heterocycles. The Morgan fingerprint density at radius 2 is 2.03 bits per heavy atom. The van der Waals surface area contributed by atoms with Gasteiger partial charge in [-0.25, -0.2) is 9.97 Å². The van der Waals surface area contributed by atoms with Gasteiger partial charge in [-0.1, -0.05) is 29.8 Å². The monoisotopic (exact) mass is 537 g/mol. The maximum Gasteiger partial charge on any atom is 0.226 e. The molecule has 5 rings (SSSR count). The van der Waals surface area contributed by atoms with Crippen molar-refractivity contribution in [2.24, 2.45) is 5.92 Å². The first-order valence-corrected chi connectivity index (χ1v) is 14.4. The molecule has 3 N–H and O–H groups in total. The van der Waals surface area contributed by atoms with Crippen molar-refractivity contribution >= 4 is 39.8 Å². The molecule has 2 atom stereocenters. The number of nitrogens with one attached hydrogen (secondary N) is 1. The third-order valence-electron chi connectivity index (χ3n) is 7.42. The van der Waals surface area contributed by atoms with E-state index in [4.69, 9.17) is 17.3 Å². The lowest BCUT2D eigenvalue weighted by Crippen LogP contribution is -2.28. The standard InChI is InChI=1S/C28H36ClN7S/c1-19-4-6-20(7-5-19)10-12-31-11-3-14-35(2)17-21-8-9-22(16-21)36-18-23(27-32-13-15-37-27)24-25(30)33-28(29)34-26(24)36/h4-7,13,15,18,21-22,31H,3,8-12,14,16-17H2,1-2H3,(H2,30,33,34)/t21-,22+/m1/s1. The van der Waals surface area contributed by atoms with E-state index in [-0.39, 0.29) is 5.28 Å². The average Bonchev–Trinajstić information content (AvgIpc) is 3.62. The molecule has 1 aromatic carbocycles. The van der Waals surface area contributed by atoms with Gasteiger partial charge < -0.3 is 20.5 Å². The van der Waals surface area contributed by atoms with Crippen LogP contribution in [-0.2, 0) is 6.42 Å². The molecule has 0 radical (unpaired) electrons. The second-order valence-electron chi connectivity index (χ2n) is 10.3. The van der Waals surface area contributed by atoms with Gasteiger partial charge in [0.2, 0.25) is 5.28 Å². The summed E-state index contributed by atoms with van der Waals surface area (Å²) in [6.07, 6.45) is 9.68. The average molecular weight is 538 g/mol. The van der Waals surface area contributed by atoms with E-state index in [1.165, 1.54) is 17.5 Å². The van der Waals surface area contributed by atoms with Crippen LogP contribution >= 0.6 is 22.9 Å². The molecule has 1 saturated carbocycles. The van der Waals surface area contributed by atoms with Crippen LogP contribution in [-0.4, -0.2) is 57.6 Å². The Morgan fingerprint density at radius 3 is 2.81 bits per heavy atom. The molecule has 7 nitrogen and oxygen atoms in total. The number of aryl methyl sites for hydroxylation is 1. The molecule has 3 heterocycles. The van der Waals surface area contributed by atoms with Crippen LogP contribution in [0.1, 0.15) is 42.9 Å². The zero-order valence-corrected chi connectivity index (χ0v) is 23.2. The predicted octanol–water partition coefficient (Wildman–Crippen LogP) is 5.59. The minimum atomic E-state index is 0.191. The molecule has 0 spiro atoms. The lowest BCUT2D eigenvalue weighted by Gasteiger charge is -2.21. The lowest BCUT2D eigenvalue weighted by molar-refractivity contribution is 0.270. The summed E-state index contributed by atoms with van der Waals surface area (Å²) in [5.74, 6) is 1.08. The van der Waals surface area contributed by atoms with Crippen LogP contribution in [0.15, 0.2) is 42.0 Å². The number of rotatable bonds is 11. The Bertz CT molecular complexity index is 1300. The number of fused-ring (bicyclic) bond motifs is 1. The summed E-state index contributed by atoms with van der Waals surface area (Å²) in [6, 6.07) is 9.21. The van der Waals surface area contributed by atoms with Crippen LogP contribution in [0.2, 0.25) is 5.28 Å². The van der Waals surface area contributed by atoms with E-state index in [9.17, 15) is 0 Å². The Morgan fingerprint density at radius 1 is 1.19 bits per heavy atom. The van der Waals surface area contributed by atoms with Crippen molar-refractivity contribution in [2.45, 2.75) is 45.1 Å². The number of hydrogen-bond acceptors (Lipinski definition) is 7. The van der Waals surface area contributed by atoms with Gasteiger partial charge in [0.1, 0.15) is 16.5 Å². The van der Waals surface area contributed by atoms with Gasteiger partial charge in [-0.05, 0) is 88.8 Å². The number of hydrogen-bond donors (Lipinski definition) is 2. The zero-order valence-electron chi connectivity index (χ0n) is 21.7. The number of nitrogen functional groups attached to an aromatic ring is 1. The number of anilines is 1. The lowest BCUT2D eigenvalue weighted by atomic mass is 10.1. The number of halogens is 1.